The monoisotopic (exact) mass is 237 g/mol. The molecule has 1 aromatic heterocycles. The molecule has 1 fully saturated rings. The first-order valence-electron chi connectivity index (χ1n) is 6.43. The first-order chi connectivity index (χ1) is 8.88. The zero-order valence-corrected chi connectivity index (χ0v) is 10.3. The van der Waals surface area contributed by atoms with E-state index in [2.05, 4.69) is 28.1 Å². The quantitative estimate of drug-likeness (QED) is 0.765. The van der Waals surface area contributed by atoms with Gasteiger partial charge in [0.05, 0.1) is 11.1 Å². The molecule has 0 saturated carbocycles. The van der Waals surface area contributed by atoms with Crippen LogP contribution in [0, 0.1) is 11.3 Å². The maximum Gasteiger partial charge on any atom is 0.129 e. The number of nitriles is 1. The van der Waals surface area contributed by atoms with Gasteiger partial charge in [0.25, 0.3) is 0 Å². The van der Waals surface area contributed by atoms with Crippen LogP contribution in [-0.4, -0.2) is 18.1 Å². The molecule has 18 heavy (non-hydrogen) atoms. The third kappa shape index (κ3) is 1.91. The number of aromatic nitrogens is 1. The van der Waals surface area contributed by atoms with E-state index in [1.54, 1.807) is 0 Å². The van der Waals surface area contributed by atoms with Gasteiger partial charge in [-0.15, -0.1) is 0 Å². The average molecular weight is 237 g/mol. The second kappa shape index (κ2) is 4.66. The highest BCUT2D eigenvalue weighted by Crippen LogP contribution is 2.23. The minimum atomic E-state index is 0.659. The molecule has 1 aliphatic rings. The fraction of sp³-hybridized carbons (Fsp3) is 0.333. The third-order valence-electron chi connectivity index (χ3n) is 3.51. The van der Waals surface area contributed by atoms with E-state index >= 15 is 0 Å². The van der Waals surface area contributed by atoms with Gasteiger partial charge < -0.3 is 4.90 Å². The molecule has 3 rings (SSSR count). The molecular formula is C15H15N3. The van der Waals surface area contributed by atoms with Crippen molar-refractivity contribution in [3.05, 3.63) is 35.9 Å². The summed E-state index contributed by atoms with van der Waals surface area (Å²) < 4.78 is 0. The first-order valence-corrected chi connectivity index (χ1v) is 6.43. The molecule has 0 atom stereocenters. The standard InChI is InChI=1S/C15H15N3/c16-11-13-6-4-5-12-7-8-14(17-15(12)13)18-9-2-1-3-10-18/h4-8H,1-3,9-10H2. The number of anilines is 1. The SMILES string of the molecule is N#Cc1cccc2ccc(N3CCCCC3)nc12. The van der Waals surface area contributed by atoms with Crippen molar-refractivity contribution in [3.8, 4) is 6.07 Å². The van der Waals surface area contributed by atoms with Gasteiger partial charge in [-0.1, -0.05) is 12.1 Å². The maximum atomic E-state index is 9.13. The molecule has 2 aromatic rings. The second-order valence-electron chi connectivity index (χ2n) is 4.71. The summed E-state index contributed by atoms with van der Waals surface area (Å²) in [5.41, 5.74) is 1.48. The highest BCUT2D eigenvalue weighted by molar-refractivity contribution is 5.85. The van der Waals surface area contributed by atoms with Crippen molar-refractivity contribution in [1.29, 1.82) is 5.26 Å². The third-order valence-corrected chi connectivity index (χ3v) is 3.51. The van der Waals surface area contributed by atoms with Crippen LogP contribution in [-0.2, 0) is 0 Å². The molecule has 2 heterocycles. The number of pyridine rings is 1. The van der Waals surface area contributed by atoms with Crippen molar-refractivity contribution in [1.82, 2.24) is 4.98 Å². The molecule has 3 heteroatoms. The van der Waals surface area contributed by atoms with E-state index in [-0.39, 0.29) is 0 Å². The smallest absolute Gasteiger partial charge is 0.129 e. The van der Waals surface area contributed by atoms with Crippen molar-refractivity contribution >= 4 is 16.7 Å². The fourth-order valence-electron chi connectivity index (χ4n) is 2.53. The summed E-state index contributed by atoms with van der Waals surface area (Å²) in [5, 5.41) is 10.2. The van der Waals surface area contributed by atoms with Crippen LogP contribution >= 0.6 is 0 Å². The van der Waals surface area contributed by atoms with Crippen LogP contribution in [0.4, 0.5) is 5.82 Å². The Morgan fingerprint density at radius 3 is 2.67 bits per heavy atom. The van der Waals surface area contributed by atoms with Crippen LogP contribution in [0.25, 0.3) is 10.9 Å². The number of nitrogens with zero attached hydrogens (tertiary/aromatic N) is 3. The highest BCUT2D eigenvalue weighted by atomic mass is 15.2. The summed E-state index contributed by atoms with van der Waals surface area (Å²) in [6, 6.07) is 12.1. The predicted octanol–water partition coefficient (Wildman–Crippen LogP) is 3.10. The van der Waals surface area contributed by atoms with Gasteiger partial charge in [0.1, 0.15) is 11.9 Å². The number of fused-ring (bicyclic) bond motifs is 1. The lowest BCUT2D eigenvalue weighted by Gasteiger charge is -2.27. The van der Waals surface area contributed by atoms with Gasteiger partial charge in [-0.05, 0) is 37.5 Å². The fourth-order valence-corrected chi connectivity index (χ4v) is 2.53. The zero-order valence-electron chi connectivity index (χ0n) is 10.3. The van der Waals surface area contributed by atoms with E-state index < -0.39 is 0 Å². The zero-order chi connectivity index (χ0) is 12.4. The number of piperidine rings is 1. The van der Waals surface area contributed by atoms with Crippen LogP contribution in [0.15, 0.2) is 30.3 Å². The van der Waals surface area contributed by atoms with Crippen LogP contribution in [0.2, 0.25) is 0 Å². The predicted molar refractivity (Wildman–Crippen MR) is 72.5 cm³/mol. The van der Waals surface area contributed by atoms with Crippen molar-refractivity contribution < 1.29 is 0 Å². The summed E-state index contributed by atoms with van der Waals surface area (Å²) >= 11 is 0. The first kappa shape index (κ1) is 11.0. The number of para-hydroxylation sites is 1. The molecule has 0 radical (unpaired) electrons. The van der Waals surface area contributed by atoms with E-state index in [9.17, 15) is 0 Å². The van der Waals surface area contributed by atoms with Gasteiger partial charge >= 0.3 is 0 Å². The average Bonchev–Trinajstić information content (AvgIpc) is 2.47. The van der Waals surface area contributed by atoms with Gasteiger partial charge in [-0.2, -0.15) is 5.26 Å². The molecule has 3 nitrogen and oxygen atoms in total. The molecule has 1 aliphatic heterocycles. The Morgan fingerprint density at radius 2 is 1.89 bits per heavy atom. The molecule has 1 aromatic carbocycles. The normalized spacial score (nSPS) is 15.6. The van der Waals surface area contributed by atoms with Crippen molar-refractivity contribution in [2.24, 2.45) is 0 Å². The summed E-state index contributed by atoms with van der Waals surface area (Å²) in [6.45, 7) is 2.15. The van der Waals surface area contributed by atoms with Gasteiger partial charge in [-0.25, -0.2) is 4.98 Å². The highest BCUT2D eigenvalue weighted by Gasteiger charge is 2.13. The van der Waals surface area contributed by atoms with Crippen molar-refractivity contribution in [2.75, 3.05) is 18.0 Å². The Kier molecular flexibility index (Phi) is 2.85. The van der Waals surface area contributed by atoms with Gasteiger partial charge in [0.2, 0.25) is 0 Å². The lowest BCUT2D eigenvalue weighted by atomic mass is 10.1. The largest absolute Gasteiger partial charge is 0.357 e. The molecular weight excluding hydrogens is 222 g/mol. The summed E-state index contributed by atoms with van der Waals surface area (Å²) in [4.78, 5) is 6.99. The second-order valence-corrected chi connectivity index (χ2v) is 4.71. The van der Waals surface area contributed by atoms with E-state index in [1.807, 2.05) is 18.2 Å². The maximum absolute atomic E-state index is 9.13. The molecule has 0 aliphatic carbocycles. The van der Waals surface area contributed by atoms with E-state index in [0.29, 0.717) is 5.56 Å². The molecule has 0 unspecified atom stereocenters. The van der Waals surface area contributed by atoms with Crippen LogP contribution in [0.5, 0.6) is 0 Å². The molecule has 1 saturated heterocycles. The van der Waals surface area contributed by atoms with Crippen molar-refractivity contribution in [2.45, 2.75) is 19.3 Å². The summed E-state index contributed by atoms with van der Waals surface area (Å²) in [5.74, 6) is 1.00. The Labute approximate surface area is 107 Å². The molecule has 0 bridgehead atoms. The summed E-state index contributed by atoms with van der Waals surface area (Å²) in [6.07, 6.45) is 3.78. The topological polar surface area (TPSA) is 39.9 Å². The van der Waals surface area contributed by atoms with E-state index in [4.69, 9.17) is 5.26 Å². The Balaban J connectivity index is 2.07. The van der Waals surface area contributed by atoms with E-state index in [1.165, 1.54) is 19.3 Å². The lowest BCUT2D eigenvalue weighted by Crippen LogP contribution is -2.30. The molecule has 0 amide bonds. The van der Waals surface area contributed by atoms with E-state index in [0.717, 1.165) is 29.8 Å². The number of rotatable bonds is 1. The number of hydrogen-bond acceptors (Lipinski definition) is 3. The Bertz CT molecular complexity index is 607. The van der Waals surface area contributed by atoms with Gasteiger partial charge in [-0.3, -0.25) is 0 Å². The molecule has 90 valence electrons. The molecule has 0 N–H and O–H groups in total. The Hall–Kier alpha value is -2.08. The van der Waals surface area contributed by atoms with Crippen LogP contribution in [0.1, 0.15) is 24.8 Å². The minimum Gasteiger partial charge on any atom is -0.357 e. The van der Waals surface area contributed by atoms with Crippen LogP contribution < -0.4 is 4.90 Å². The Morgan fingerprint density at radius 1 is 1.06 bits per heavy atom. The molecule has 0 spiro atoms. The van der Waals surface area contributed by atoms with Gasteiger partial charge in [0, 0.05) is 18.5 Å². The minimum absolute atomic E-state index is 0.659. The van der Waals surface area contributed by atoms with Crippen molar-refractivity contribution in [3.63, 3.8) is 0 Å². The van der Waals surface area contributed by atoms with Crippen LogP contribution in [0.3, 0.4) is 0 Å². The summed E-state index contributed by atoms with van der Waals surface area (Å²) in [7, 11) is 0. The number of hydrogen-bond donors (Lipinski definition) is 0. The number of benzene rings is 1. The lowest BCUT2D eigenvalue weighted by molar-refractivity contribution is 0.574. The van der Waals surface area contributed by atoms with Gasteiger partial charge in [0.15, 0.2) is 0 Å².